The fraction of sp³-hybridized carbons (Fsp3) is 0. The highest BCUT2D eigenvalue weighted by molar-refractivity contribution is 5.91. The Morgan fingerprint density at radius 2 is 1.07 bits per heavy atom. The predicted molar refractivity (Wildman–Crippen MR) is 115 cm³/mol. The van der Waals surface area contributed by atoms with Crippen molar-refractivity contribution in [2.75, 3.05) is 5.73 Å². The van der Waals surface area contributed by atoms with Crippen LogP contribution in [0.2, 0.25) is 0 Å². The Morgan fingerprint density at radius 3 is 1.74 bits per heavy atom. The summed E-state index contributed by atoms with van der Waals surface area (Å²) in [6.45, 7) is 0. The minimum absolute atomic E-state index is 0.551. The summed E-state index contributed by atoms with van der Waals surface area (Å²) in [4.78, 5) is 4.47. The van der Waals surface area contributed by atoms with Crippen molar-refractivity contribution < 1.29 is 0 Å². The third-order valence-corrected chi connectivity index (χ3v) is 5.06. The molecule has 1 heterocycles. The number of anilines is 1. The van der Waals surface area contributed by atoms with Gasteiger partial charge in [0.2, 0.25) is 0 Å². The van der Waals surface area contributed by atoms with Gasteiger partial charge in [-0.1, -0.05) is 72.8 Å². The second kappa shape index (κ2) is 6.26. The number of nitrogens with zero attached hydrogens (tertiary/aromatic N) is 1. The Bertz CT molecular complexity index is 1290. The zero-order valence-corrected chi connectivity index (χ0v) is 14.8. The van der Waals surface area contributed by atoms with Gasteiger partial charge in [0.1, 0.15) is 5.82 Å². The van der Waals surface area contributed by atoms with Crippen LogP contribution in [-0.2, 0) is 0 Å². The molecule has 0 amide bonds. The average Bonchev–Trinajstić information content (AvgIpc) is 2.73. The number of rotatable bonds is 2. The summed E-state index contributed by atoms with van der Waals surface area (Å²) in [5, 5.41) is 4.88. The molecule has 0 atom stereocenters. The highest BCUT2D eigenvalue weighted by Crippen LogP contribution is 2.32. The van der Waals surface area contributed by atoms with E-state index in [1.165, 1.54) is 21.5 Å². The lowest BCUT2D eigenvalue weighted by atomic mass is 9.97. The van der Waals surface area contributed by atoms with E-state index in [1.807, 2.05) is 6.20 Å². The SMILES string of the molecule is Nc1ncc(-c2ccc3ccccc3c2)cc1-c1ccc2ccccc2c1. The van der Waals surface area contributed by atoms with Crippen LogP contribution >= 0.6 is 0 Å². The van der Waals surface area contributed by atoms with Crippen molar-refractivity contribution in [3.63, 3.8) is 0 Å². The fourth-order valence-electron chi connectivity index (χ4n) is 3.59. The molecule has 2 nitrogen and oxygen atoms in total. The predicted octanol–water partition coefficient (Wildman–Crippen LogP) is 6.30. The van der Waals surface area contributed by atoms with Gasteiger partial charge in [-0.05, 0) is 50.9 Å². The van der Waals surface area contributed by atoms with E-state index in [4.69, 9.17) is 5.73 Å². The summed E-state index contributed by atoms with van der Waals surface area (Å²) in [6, 6.07) is 31.8. The van der Waals surface area contributed by atoms with Crippen LogP contribution in [0.4, 0.5) is 5.82 Å². The van der Waals surface area contributed by atoms with Gasteiger partial charge >= 0.3 is 0 Å². The van der Waals surface area contributed by atoms with Crippen LogP contribution in [0.1, 0.15) is 0 Å². The lowest BCUT2D eigenvalue weighted by molar-refractivity contribution is 1.34. The van der Waals surface area contributed by atoms with Crippen LogP contribution in [0, 0.1) is 0 Å². The maximum atomic E-state index is 6.22. The van der Waals surface area contributed by atoms with E-state index in [0.29, 0.717) is 5.82 Å². The normalized spacial score (nSPS) is 11.1. The number of nitrogen functional groups attached to an aromatic ring is 1. The van der Waals surface area contributed by atoms with Crippen LogP contribution in [-0.4, -0.2) is 4.98 Å². The number of aromatic nitrogens is 1. The first-order valence-corrected chi connectivity index (χ1v) is 9.02. The summed E-state index contributed by atoms with van der Waals surface area (Å²) in [6.07, 6.45) is 1.85. The Labute approximate surface area is 157 Å². The highest BCUT2D eigenvalue weighted by Gasteiger charge is 2.08. The number of pyridine rings is 1. The minimum Gasteiger partial charge on any atom is -0.383 e. The molecule has 0 radical (unpaired) electrons. The first kappa shape index (κ1) is 15.6. The Kier molecular flexibility index (Phi) is 3.61. The minimum atomic E-state index is 0.551. The van der Waals surface area contributed by atoms with Gasteiger partial charge in [0, 0.05) is 17.3 Å². The quantitative estimate of drug-likeness (QED) is 0.407. The van der Waals surface area contributed by atoms with Crippen molar-refractivity contribution in [2.45, 2.75) is 0 Å². The molecule has 0 fully saturated rings. The van der Waals surface area contributed by atoms with Crippen molar-refractivity contribution in [1.29, 1.82) is 0 Å². The molecule has 4 aromatic carbocycles. The summed E-state index contributed by atoms with van der Waals surface area (Å²) in [7, 11) is 0. The van der Waals surface area contributed by atoms with Gasteiger partial charge in [-0.15, -0.1) is 0 Å². The number of hydrogen-bond donors (Lipinski definition) is 1. The zero-order chi connectivity index (χ0) is 18.2. The van der Waals surface area contributed by atoms with Gasteiger partial charge < -0.3 is 5.73 Å². The lowest BCUT2D eigenvalue weighted by Crippen LogP contribution is -1.95. The third-order valence-electron chi connectivity index (χ3n) is 5.06. The van der Waals surface area contributed by atoms with Gasteiger partial charge in [0.25, 0.3) is 0 Å². The Hall–Kier alpha value is -3.65. The van der Waals surface area contributed by atoms with E-state index >= 15 is 0 Å². The van der Waals surface area contributed by atoms with E-state index < -0.39 is 0 Å². The van der Waals surface area contributed by atoms with Gasteiger partial charge in [-0.2, -0.15) is 0 Å². The number of hydrogen-bond acceptors (Lipinski definition) is 2. The van der Waals surface area contributed by atoms with Crippen LogP contribution in [0.25, 0.3) is 43.8 Å². The summed E-state index contributed by atoms with van der Waals surface area (Å²) in [5.41, 5.74) is 10.5. The molecule has 5 aromatic rings. The van der Waals surface area contributed by atoms with Gasteiger partial charge in [-0.3, -0.25) is 0 Å². The molecule has 0 unspecified atom stereocenters. The molecule has 2 N–H and O–H groups in total. The summed E-state index contributed by atoms with van der Waals surface area (Å²) >= 11 is 0. The van der Waals surface area contributed by atoms with Crippen molar-refractivity contribution in [3.8, 4) is 22.3 Å². The monoisotopic (exact) mass is 346 g/mol. The first-order valence-electron chi connectivity index (χ1n) is 9.02. The second-order valence-corrected chi connectivity index (χ2v) is 6.78. The van der Waals surface area contributed by atoms with Gasteiger partial charge in [-0.25, -0.2) is 4.98 Å². The van der Waals surface area contributed by atoms with Crippen molar-refractivity contribution in [3.05, 3.63) is 97.2 Å². The van der Waals surface area contributed by atoms with E-state index in [0.717, 1.165) is 22.3 Å². The first-order chi connectivity index (χ1) is 13.3. The summed E-state index contributed by atoms with van der Waals surface area (Å²) < 4.78 is 0. The Balaban J connectivity index is 1.64. The highest BCUT2D eigenvalue weighted by atomic mass is 14.8. The molecule has 128 valence electrons. The smallest absolute Gasteiger partial charge is 0.131 e. The maximum absolute atomic E-state index is 6.22. The molecule has 0 aliphatic carbocycles. The maximum Gasteiger partial charge on any atom is 0.131 e. The number of nitrogens with two attached hydrogens (primary N) is 1. The van der Waals surface area contributed by atoms with Crippen LogP contribution in [0.5, 0.6) is 0 Å². The van der Waals surface area contributed by atoms with E-state index in [-0.39, 0.29) is 0 Å². The average molecular weight is 346 g/mol. The van der Waals surface area contributed by atoms with Crippen molar-refractivity contribution in [2.24, 2.45) is 0 Å². The van der Waals surface area contributed by atoms with E-state index in [1.54, 1.807) is 0 Å². The third kappa shape index (κ3) is 2.81. The standard InChI is InChI=1S/C25H18N2/c26-25-24(22-12-10-18-6-2-4-8-20(18)14-22)15-23(16-27-25)21-11-9-17-5-1-3-7-19(17)13-21/h1-16H,(H2,26,27). The van der Waals surface area contributed by atoms with Crippen molar-refractivity contribution >= 4 is 27.4 Å². The molecular formula is C25H18N2. The number of fused-ring (bicyclic) bond motifs is 2. The van der Waals surface area contributed by atoms with E-state index in [9.17, 15) is 0 Å². The molecule has 0 spiro atoms. The fourth-order valence-corrected chi connectivity index (χ4v) is 3.59. The molecule has 0 saturated carbocycles. The second-order valence-electron chi connectivity index (χ2n) is 6.78. The van der Waals surface area contributed by atoms with Gasteiger partial charge in [0.05, 0.1) is 0 Å². The molecular weight excluding hydrogens is 328 g/mol. The molecule has 27 heavy (non-hydrogen) atoms. The Morgan fingerprint density at radius 1 is 0.519 bits per heavy atom. The van der Waals surface area contributed by atoms with Crippen LogP contribution in [0.3, 0.4) is 0 Å². The largest absolute Gasteiger partial charge is 0.383 e. The molecule has 0 aliphatic heterocycles. The van der Waals surface area contributed by atoms with Crippen LogP contribution in [0.15, 0.2) is 97.2 Å². The topological polar surface area (TPSA) is 38.9 Å². The zero-order valence-electron chi connectivity index (χ0n) is 14.8. The molecule has 1 aromatic heterocycles. The van der Waals surface area contributed by atoms with Gasteiger partial charge in [0.15, 0.2) is 0 Å². The lowest BCUT2D eigenvalue weighted by Gasteiger charge is -2.10. The molecule has 2 heteroatoms. The molecule has 5 rings (SSSR count). The summed E-state index contributed by atoms with van der Waals surface area (Å²) in [5.74, 6) is 0.551. The number of benzene rings is 4. The van der Waals surface area contributed by atoms with E-state index in [2.05, 4.69) is 96.0 Å². The molecule has 0 bridgehead atoms. The van der Waals surface area contributed by atoms with Crippen molar-refractivity contribution in [1.82, 2.24) is 4.98 Å². The molecule has 0 saturated heterocycles. The van der Waals surface area contributed by atoms with Crippen LogP contribution < -0.4 is 5.73 Å². The molecule has 0 aliphatic rings.